The molecule has 0 aliphatic heterocycles. The molecule has 0 atom stereocenters. The van der Waals surface area contributed by atoms with Gasteiger partial charge in [-0.05, 0) is 72.2 Å². The maximum Gasteiger partial charge on any atom is 0.276 e. The second kappa shape index (κ2) is 11.9. The number of phenolic OH excluding ortho intramolecular Hbond substituents is 2. The van der Waals surface area contributed by atoms with Crippen LogP contribution in [0.1, 0.15) is 23.1 Å². The van der Waals surface area contributed by atoms with Gasteiger partial charge in [0.05, 0.1) is 24.1 Å². The molecule has 3 rings (SSSR count). The van der Waals surface area contributed by atoms with Gasteiger partial charge in [0.25, 0.3) is 10.0 Å². The summed E-state index contributed by atoms with van der Waals surface area (Å²) in [5.41, 5.74) is 2.21. The third-order valence-electron chi connectivity index (χ3n) is 5.07. The number of hydrogen-bond acceptors (Lipinski definition) is 7. The van der Waals surface area contributed by atoms with Crippen LogP contribution >= 0.6 is 0 Å². The first-order valence-corrected chi connectivity index (χ1v) is 12.4. The lowest BCUT2D eigenvalue weighted by molar-refractivity contribution is -0.113. The molecule has 0 saturated heterocycles. The molecule has 0 unspecified atom stereocenters. The van der Waals surface area contributed by atoms with E-state index in [4.69, 9.17) is 4.74 Å². The summed E-state index contributed by atoms with van der Waals surface area (Å²) in [7, 11) is -2.51. The Morgan fingerprint density at radius 2 is 1.58 bits per heavy atom. The maximum absolute atomic E-state index is 12.6. The fourth-order valence-corrected chi connectivity index (χ4v) is 3.96. The number of aromatic hydroxyl groups is 2. The minimum atomic E-state index is -3.93. The number of nitrogens with zero attached hydrogens (tertiary/aromatic N) is 1. The van der Waals surface area contributed by atoms with E-state index in [1.165, 1.54) is 37.5 Å². The highest BCUT2D eigenvalue weighted by Gasteiger charge is 2.13. The first-order chi connectivity index (χ1) is 17.2. The van der Waals surface area contributed by atoms with E-state index in [1.54, 1.807) is 67.6 Å². The summed E-state index contributed by atoms with van der Waals surface area (Å²) >= 11 is 0. The number of allylic oxidation sites excluding steroid dienone is 2. The summed E-state index contributed by atoms with van der Waals surface area (Å²) in [6.45, 7) is 1.75. The lowest BCUT2D eigenvalue weighted by atomic mass is 10.1. The SMILES string of the molecule is COc1cc(/C=C/C(CC(=O)/C=C/c2ccc(O)c(C)c2)=N\NS(=O)(=O)c2ccccc2)ccc1O. The van der Waals surface area contributed by atoms with E-state index < -0.39 is 10.0 Å². The minimum absolute atomic E-state index is 0.0241. The Kier molecular flexibility index (Phi) is 8.64. The van der Waals surface area contributed by atoms with Crippen LogP contribution in [-0.2, 0) is 14.8 Å². The van der Waals surface area contributed by atoms with Crippen molar-refractivity contribution in [3.05, 3.63) is 95.6 Å². The number of nitrogens with one attached hydrogen (secondary N) is 1. The number of sulfonamides is 1. The lowest BCUT2D eigenvalue weighted by Gasteiger charge is -2.06. The van der Waals surface area contributed by atoms with E-state index in [2.05, 4.69) is 9.93 Å². The zero-order valence-corrected chi connectivity index (χ0v) is 20.6. The van der Waals surface area contributed by atoms with E-state index >= 15 is 0 Å². The Balaban J connectivity index is 1.84. The van der Waals surface area contributed by atoms with Gasteiger partial charge >= 0.3 is 0 Å². The number of hydrazone groups is 1. The summed E-state index contributed by atoms with van der Waals surface area (Å²) in [4.78, 5) is 14.9. The highest BCUT2D eigenvalue weighted by Crippen LogP contribution is 2.26. The van der Waals surface area contributed by atoms with Gasteiger partial charge in [-0.3, -0.25) is 4.79 Å². The molecule has 0 fully saturated rings. The van der Waals surface area contributed by atoms with Crippen LogP contribution in [0.25, 0.3) is 12.2 Å². The number of benzene rings is 3. The van der Waals surface area contributed by atoms with Gasteiger partial charge in [-0.1, -0.05) is 42.5 Å². The molecule has 0 aliphatic rings. The molecule has 9 heteroatoms. The number of methoxy groups -OCH3 is 1. The maximum atomic E-state index is 12.6. The van der Waals surface area contributed by atoms with Crippen molar-refractivity contribution < 1.29 is 28.2 Å². The van der Waals surface area contributed by atoms with Crippen LogP contribution < -0.4 is 9.57 Å². The number of rotatable bonds is 10. The lowest BCUT2D eigenvalue weighted by Crippen LogP contribution is -2.20. The quantitative estimate of drug-likeness (QED) is 0.212. The normalized spacial score (nSPS) is 12.2. The zero-order chi connectivity index (χ0) is 26.1. The van der Waals surface area contributed by atoms with E-state index in [9.17, 15) is 23.4 Å². The van der Waals surface area contributed by atoms with Gasteiger partial charge in [0.1, 0.15) is 5.75 Å². The van der Waals surface area contributed by atoms with Gasteiger partial charge in [-0.25, -0.2) is 0 Å². The Morgan fingerprint density at radius 1 is 0.944 bits per heavy atom. The molecule has 3 aromatic carbocycles. The van der Waals surface area contributed by atoms with Crippen molar-refractivity contribution in [2.24, 2.45) is 5.10 Å². The van der Waals surface area contributed by atoms with Crippen LogP contribution in [0, 0.1) is 6.92 Å². The highest BCUT2D eigenvalue weighted by atomic mass is 32.2. The molecule has 0 spiro atoms. The Bertz CT molecular complexity index is 1430. The topological polar surface area (TPSA) is 125 Å². The average molecular weight is 507 g/mol. The molecule has 186 valence electrons. The minimum Gasteiger partial charge on any atom is -0.508 e. The molecule has 0 heterocycles. The summed E-state index contributed by atoms with van der Waals surface area (Å²) in [5.74, 6) is 0.0912. The molecule has 0 aliphatic carbocycles. The predicted molar refractivity (Wildman–Crippen MR) is 139 cm³/mol. The standard InChI is InChI=1S/C27H26N2O6S/c1-19-16-20(10-14-25(19)31)9-13-23(30)18-22(12-8-21-11-15-26(32)27(17-21)35-2)28-29-36(33,34)24-6-4-3-5-7-24/h3-17,29,31-32H,18H2,1-2H3/b12-8+,13-9+,28-22+. The summed E-state index contributed by atoms with van der Waals surface area (Å²) in [5, 5.41) is 23.4. The second-order valence-electron chi connectivity index (χ2n) is 7.80. The van der Waals surface area contributed by atoms with Gasteiger partial charge < -0.3 is 14.9 Å². The van der Waals surface area contributed by atoms with Crippen molar-refractivity contribution in [2.75, 3.05) is 7.11 Å². The Morgan fingerprint density at radius 3 is 2.25 bits per heavy atom. The third kappa shape index (κ3) is 7.31. The monoisotopic (exact) mass is 506 g/mol. The molecular weight excluding hydrogens is 480 g/mol. The third-order valence-corrected chi connectivity index (χ3v) is 6.30. The molecule has 0 bridgehead atoms. The molecule has 36 heavy (non-hydrogen) atoms. The first-order valence-electron chi connectivity index (χ1n) is 10.9. The van der Waals surface area contributed by atoms with Crippen molar-refractivity contribution in [2.45, 2.75) is 18.2 Å². The van der Waals surface area contributed by atoms with Crippen molar-refractivity contribution in [1.29, 1.82) is 0 Å². The van der Waals surface area contributed by atoms with E-state index in [1.807, 2.05) is 0 Å². The van der Waals surface area contributed by atoms with Crippen LogP contribution in [0.3, 0.4) is 0 Å². The van der Waals surface area contributed by atoms with E-state index in [-0.39, 0.29) is 40.1 Å². The zero-order valence-electron chi connectivity index (χ0n) is 19.8. The summed E-state index contributed by atoms with van der Waals surface area (Å²) in [6, 6.07) is 17.4. The van der Waals surface area contributed by atoms with Gasteiger partial charge in [-0.2, -0.15) is 18.4 Å². The molecule has 0 aromatic heterocycles. The molecule has 3 N–H and O–H groups in total. The van der Waals surface area contributed by atoms with E-state index in [0.717, 1.165) is 5.56 Å². The number of hydrogen-bond donors (Lipinski definition) is 3. The number of ketones is 1. The highest BCUT2D eigenvalue weighted by molar-refractivity contribution is 7.89. The molecule has 0 amide bonds. The van der Waals surface area contributed by atoms with Crippen LogP contribution in [0.15, 0.2) is 88.9 Å². The van der Waals surface area contributed by atoms with Crippen LogP contribution in [0.2, 0.25) is 0 Å². The largest absolute Gasteiger partial charge is 0.508 e. The van der Waals surface area contributed by atoms with Gasteiger partial charge in [0.2, 0.25) is 0 Å². The summed E-state index contributed by atoms with van der Waals surface area (Å²) < 4.78 is 30.3. The van der Waals surface area contributed by atoms with Crippen LogP contribution in [-0.4, -0.2) is 37.2 Å². The van der Waals surface area contributed by atoms with Crippen LogP contribution in [0.4, 0.5) is 0 Å². The molecule has 0 saturated carbocycles. The van der Waals surface area contributed by atoms with Gasteiger partial charge in [0, 0.05) is 0 Å². The number of carbonyl (C=O) groups is 1. The average Bonchev–Trinajstić information content (AvgIpc) is 2.87. The number of carbonyl (C=O) groups excluding carboxylic acids is 1. The van der Waals surface area contributed by atoms with Crippen molar-refractivity contribution in [3.8, 4) is 17.2 Å². The smallest absolute Gasteiger partial charge is 0.276 e. The fourth-order valence-electron chi connectivity index (χ4n) is 3.11. The molecular formula is C27H26N2O6S. The molecule has 8 nitrogen and oxygen atoms in total. The fraction of sp³-hybridized carbons (Fsp3) is 0.111. The van der Waals surface area contributed by atoms with Crippen molar-refractivity contribution >= 4 is 33.7 Å². The summed E-state index contributed by atoms with van der Waals surface area (Å²) in [6.07, 6.45) is 5.92. The molecule has 0 radical (unpaired) electrons. The van der Waals surface area contributed by atoms with Crippen LogP contribution in [0.5, 0.6) is 17.2 Å². The first kappa shape index (κ1) is 26.2. The molecule has 3 aromatic rings. The van der Waals surface area contributed by atoms with Gasteiger partial charge in [0.15, 0.2) is 17.3 Å². The second-order valence-corrected chi connectivity index (χ2v) is 9.46. The number of aryl methyl sites for hydroxylation is 1. The Labute approximate surface area is 209 Å². The van der Waals surface area contributed by atoms with Crippen molar-refractivity contribution in [3.63, 3.8) is 0 Å². The predicted octanol–water partition coefficient (Wildman–Crippen LogP) is 4.44. The number of phenols is 2. The van der Waals surface area contributed by atoms with E-state index in [0.29, 0.717) is 11.1 Å². The van der Waals surface area contributed by atoms with Gasteiger partial charge in [-0.15, -0.1) is 0 Å². The Hall–Kier alpha value is -4.37. The van der Waals surface area contributed by atoms with Crippen molar-refractivity contribution in [1.82, 2.24) is 4.83 Å². The number of ether oxygens (including phenoxy) is 1.